The standard InChI is InChI=1S/C24H26BrN5O2S/c1-5-11-30-22(17(4)26-23(32)18-9-7-6-8-10-18)28-29-24(30)33-14-20(31)27-21-15(2)12-19(25)13-16(21)3/h5-10,12-13,17H,1,11,14H2,2-4H3,(H,26,32)(H,27,31)/t17-/m0/s1. The lowest BCUT2D eigenvalue weighted by molar-refractivity contribution is -0.113. The van der Waals surface area contributed by atoms with Gasteiger partial charge in [0.25, 0.3) is 5.91 Å². The number of benzene rings is 2. The third-order valence-electron chi connectivity index (χ3n) is 4.92. The van der Waals surface area contributed by atoms with E-state index in [-0.39, 0.29) is 23.6 Å². The Morgan fingerprint density at radius 2 is 1.85 bits per heavy atom. The summed E-state index contributed by atoms with van der Waals surface area (Å²) in [6, 6.07) is 12.6. The van der Waals surface area contributed by atoms with E-state index in [0.29, 0.717) is 23.1 Å². The fraction of sp³-hybridized carbons (Fsp3) is 0.250. The molecule has 2 aromatic carbocycles. The van der Waals surface area contributed by atoms with Crippen LogP contribution in [0.4, 0.5) is 5.69 Å². The Bertz CT molecular complexity index is 1140. The molecule has 0 saturated heterocycles. The number of anilines is 1. The molecule has 0 fully saturated rings. The summed E-state index contributed by atoms with van der Waals surface area (Å²) in [5, 5.41) is 15.1. The quantitative estimate of drug-likeness (QED) is 0.299. The number of nitrogens with one attached hydrogen (secondary N) is 2. The smallest absolute Gasteiger partial charge is 0.251 e. The Morgan fingerprint density at radius 1 is 1.18 bits per heavy atom. The van der Waals surface area contributed by atoms with E-state index in [1.807, 2.05) is 55.7 Å². The number of amides is 2. The molecule has 33 heavy (non-hydrogen) atoms. The SMILES string of the molecule is C=CCn1c(SCC(=O)Nc2c(C)cc(Br)cc2C)nnc1[C@H](C)NC(=O)c1ccccc1. The molecule has 0 unspecified atom stereocenters. The third kappa shape index (κ3) is 6.33. The van der Waals surface area contributed by atoms with Crippen molar-refractivity contribution in [1.29, 1.82) is 0 Å². The number of thioether (sulfide) groups is 1. The molecule has 172 valence electrons. The molecule has 7 nitrogen and oxygen atoms in total. The van der Waals surface area contributed by atoms with Crippen LogP contribution in [0.2, 0.25) is 0 Å². The van der Waals surface area contributed by atoms with Crippen molar-refractivity contribution in [2.75, 3.05) is 11.1 Å². The van der Waals surface area contributed by atoms with Crippen LogP contribution in [-0.4, -0.2) is 32.3 Å². The van der Waals surface area contributed by atoms with Crippen molar-refractivity contribution in [2.45, 2.75) is 38.5 Å². The molecule has 3 aromatic rings. The first-order valence-electron chi connectivity index (χ1n) is 10.4. The molecule has 2 amide bonds. The lowest BCUT2D eigenvalue weighted by Gasteiger charge is -2.15. The van der Waals surface area contributed by atoms with Gasteiger partial charge >= 0.3 is 0 Å². The highest BCUT2D eigenvalue weighted by molar-refractivity contribution is 9.10. The van der Waals surface area contributed by atoms with E-state index < -0.39 is 0 Å². The summed E-state index contributed by atoms with van der Waals surface area (Å²) in [5.41, 5.74) is 3.36. The van der Waals surface area contributed by atoms with Crippen LogP contribution in [0, 0.1) is 13.8 Å². The summed E-state index contributed by atoms with van der Waals surface area (Å²) in [7, 11) is 0. The maximum Gasteiger partial charge on any atom is 0.251 e. The minimum Gasteiger partial charge on any atom is -0.342 e. The zero-order valence-electron chi connectivity index (χ0n) is 18.8. The summed E-state index contributed by atoms with van der Waals surface area (Å²) in [4.78, 5) is 25.1. The fourth-order valence-corrected chi connectivity index (χ4v) is 4.82. The van der Waals surface area contributed by atoms with E-state index in [1.165, 1.54) is 11.8 Å². The van der Waals surface area contributed by atoms with E-state index in [4.69, 9.17) is 0 Å². The molecule has 0 saturated carbocycles. The Balaban J connectivity index is 1.68. The predicted molar refractivity (Wildman–Crippen MR) is 136 cm³/mol. The zero-order chi connectivity index (χ0) is 24.0. The van der Waals surface area contributed by atoms with Crippen LogP contribution in [0.1, 0.15) is 40.3 Å². The van der Waals surface area contributed by atoms with Gasteiger partial charge in [0.05, 0.1) is 11.8 Å². The number of carbonyl (C=O) groups is 2. The second kappa shape index (κ2) is 11.3. The second-order valence-corrected chi connectivity index (χ2v) is 9.41. The highest BCUT2D eigenvalue weighted by Crippen LogP contribution is 2.26. The molecule has 0 aliphatic carbocycles. The topological polar surface area (TPSA) is 88.9 Å². The van der Waals surface area contributed by atoms with E-state index in [9.17, 15) is 9.59 Å². The van der Waals surface area contributed by atoms with Gasteiger partial charge in [-0.1, -0.05) is 52.0 Å². The lowest BCUT2D eigenvalue weighted by atomic mass is 10.1. The molecular formula is C24H26BrN5O2S. The first-order valence-corrected chi connectivity index (χ1v) is 12.2. The van der Waals surface area contributed by atoms with E-state index >= 15 is 0 Å². The average Bonchev–Trinajstić information content (AvgIpc) is 3.18. The summed E-state index contributed by atoms with van der Waals surface area (Å²) >= 11 is 4.76. The number of carbonyl (C=O) groups excluding carboxylic acids is 2. The van der Waals surface area contributed by atoms with Gasteiger partial charge < -0.3 is 15.2 Å². The van der Waals surface area contributed by atoms with Crippen molar-refractivity contribution in [1.82, 2.24) is 20.1 Å². The number of nitrogens with zero attached hydrogens (tertiary/aromatic N) is 3. The number of rotatable bonds is 9. The molecule has 0 aliphatic heterocycles. The van der Waals surface area contributed by atoms with E-state index in [0.717, 1.165) is 21.3 Å². The second-order valence-electron chi connectivity index (χ2n) is 7.55. The van der Waals surface area contributed by atoms with Gasteiger partial charge in [0.15, 0.2) is 11.0 Å². The molecule has 9 heteroatoms. The van der Waals surface area contributed by atoms with E-state index in [2.05, 4.69) is 43.3 Å². The minimum atomic E-state index is -0.374. The fourth-order valence-electron chi connectivity index (χ4n) is 3.38. The van der Waals surface area contributed by atoms with Crippen molar-refractivity contribution < 1.29 is 9.59 Å². The van der Waals surface area contributed by atoms with Gasteiger partial charge in [0, 0.05) is 22.3 Å². The van der Waals surface area contributed by atoms with Crippen LogP contribution >= 0.6 is 27.7 Å². The van der Waals surface area contributed by atoms with Gasteiger partial charge in [-0.2, -0.15) is 0 Å². The summed E-state index contributed by atoms with van der Waals surface area (Å²) in [6.45, 7) is 10.0. The molecule has 2 N–H and O–H groups in total. The van der Waals surface area contributed by atoms with Crippen molar-refractivity contribution >= 4 is 45.2 Å². The van der Waals surface area contributed by atoms with Crippen molar-refractivity contribution in [3.8, 4) is 0 Å². The normalized spacial score (nSPS) is 11.6. The van der Waals surface area contributed by atoms with Gasteiger partial charge in [-0.15, -0.1) is 16.8 Å². The summed E-state index contributed by atoms with van der Waals surface area (Å²) in [5.74, 6) is 0.454. The monoisotopic (exact) mass is 527 g/mol. The maximum atomic E-state index is 12.6. The molecule has 1 atom stereocenters. The largest absolute Gasteiger partial charge is 0.342 e. The van der Waals surface area contributed by atoms with Gasteiger partial charge in [0.1, 0.15) is 0 Å². The third-order valence-corrected chi connectivity index (χ3v) is 6.35. The average molecular weight is 528 g/mol. The molecule has 3 rings (SSSR count). The highest BCUT2D eigenvalue weighted by Gasteiger charge is 2.20. The first kappa shape index (κ1) is 24.7. The molecule has 0 spiro atoms. The van der Waals surface area contributed by atoms with Crippen molar-refractivity contribution in [3.05, 3.63) is 82.1 Å². The van der Waals surface area contributed by atoms with Crippen LogP contribution in [0.15, 0.2) is 64.7 Å². The number of halogens is 1. The first-order chi connectivity index (χ1) is 15.8. The number of aromatic nitrogens is 3. The predicted octanol–water partition coefficient (Wildman–Crippen LogP) is 5.07. The van der Waals surface area contributed by atoms with Crippen LogP contribution in [-0.2, 0) is 11.3 Å². The molecule has 0 bridgehead atoms. The Morgan fingerprint density at radius 3 is 2.48 bits per heavy atom. The molecule has 0 radical (unpaired) electrons. The van der Waals surface area contributed by atoms with Crippen molar-refractivity contribution in [3.63, 3.8) is 0 Å². The number of hydrogen-bond acceptors (Lipinski definition) is 5. The Kier molecular flexibility index (Phi) is 8.46. The molecule has 1 aromatic heterocycles. The van der Waals surface area contributed by atoms with E-state index in [1.54, 1.807) is 18.2 Å². The van der Waals surface area contributed by atoms with Crippen LogP contribution in [0.5, 0.6) is 0 Å². The van der Waals surface area contributed by atoms with Gasteiger partial charge in [0.2, 0.25) is 5.91 Å². The molecule has 0 aliphatic rings. The lowest BCUT2D eigenvalue weighted by Crippen LogP contribution is -2.28. The summed E-state index contributed by atoms with van der Waals surface area (Å²) in [6.07, 6.45) is 1.73. The van der Waals surface area contributed by atoms with Crippen LogP contribution in [0.25, 0.3) is 0 Å². The van der Waals surface area contributed by atoms with Gasteiger partial charge in [-0.25, -0.2) is 0 Å². The van der Waals surface area contributed by atoms with Crippen LogP contribution in [0.3, 0.4) is 0 Å². The zero-order valence-corrected chi connectivity index (χ0v) is 21.2. The summed E-state index contributed by atoms with van der Waals surface area (Å²) < 4.78 is 2.83. The van der Waals surface area contributed by atoms with Crippen LogP contribution < -0.4 is 10.6 Å². The number of allylic oxidation sites excluding steroid dienone is 1. The highest BCUT2D eigenvalue weighted by atomic mass is 79.9. The minimum absolute atomic E-state index is 0.131. The van der Waals surface area contributed by atoms with Gasteiger partial charge in [-0.05, 0) is 56.2 Å². The Labute approximate surface area is 206 Å². The van der Waals surface area contributed by atoms with Crippen molar-refractivity contribution in [2.24, 2.45) is 0 Å². The Hall–Kier alpha value is -2.91. The maximum absolute atomic E-state index is 12.6. The number of aryl methyl sites for hydroxylation is 2. The molecular weight excluding hydrogens is 502 g/mol. The number of hydrogen-bond donors (Lipinski definition) is 2. The molecule has 1 heterocycles. The van der Waals surface area contributed by atoms with Gasteiger partial charge in [-0.3, -0.25) is 9.59 Å².